The van der Waals surface area contributed by atoms with E-state index < -0.39 is 15.6 Å². The zero-order valence-corrected chi connectivity index (χ0v) is 10.9. The molecule has 1 aromatic rings. The molecule has 0 atom stereocenters. The molecule has 0 saturated heterocycles. The molecule has 0 radical (unpaired) electrons. The number of benzene rings is 1. The third-order valence-corrected chi connectivity index (χ3v) is 3.28. The monoisotopic (exact) mass is 293 g/mol. The molecule has 0 aliphatic rings. The van der Waals surface area contributed by atoms with Gasteiger partial charge in [0.2, 0.25) is 0 Å². The van der Waals surface area contributed by atoms with Crippen molar-refractivity contribution in [3.63, 3.8) is 0 Å². The van der Waals surface area contributed by atoms with Gasteiger partial charge in [0.1, 0.15) is 5.75 Å². The number of hydrogen-bond donors (Lipinski definition) is 0. The van der Waals surface area contributed by atoms with Gasteiger partial charge < -0.3 is 4.18 Å². The smallest absolute Gasteiger partial charge is 0.376 e. The third-order valence-electron chi connectivity index (χ3n) is 2.32. The summed E-state index contributed by atoms with van der Waals surface area (Å²) in [7, 11) is -5.70. The zero-order chi connectivity index (χ0) is 14.8. The lowest BCUT2D eigenvalue weighted by molar-refractivity contribution is -0.0500. The first-order valence-corrected chi connectivity index (χ1v) is 6.55. The van der Waals surface area contributed by atoms with Crippen LogP contribution in [0.25, 0.3) is 4.85 Å². The predicted molar refractivity (Wildman–Crippen MR) is 62.4 cm³/mol. The lowest BCUT2D eigenvalue weighted by Crippen LogP contribution is -2.28. The second-order valence-corrected chi connectivity index (χ2v) is 5.24. The van der Waals surface area contributed by atoms with Crippen molar-refractivity contribution in [1.82, 2.24) is 0 Å². The summed E-state index contributed by atoms with van der Waals surface area (Å²) in [5, 5.41) is 0. The first-order valence-electron chi connectivity index (χ1n) is 5.14. The van der Waals surface area contributed by atoms with Gasteiger partial charge in [0.05, 0.1) is 6.57 Å². The van der Waals surface area contributed by atoms with Gasteiger partial charge in [-0.05, 0) is 36.6 Å². The van der Waals surface area contributed by atoms with E-state index in [1.807, 2.05) is 0 Å². The van der Waals surface area contributed by atoms with Crippen LogP contribution in [0.5, 0.6) is 5.75 Å². The molecule has 0 fully saturated rings. The predicted octanol–water partition coefficient (Wildman–Crippen LogP) is 3.34. The second kappa shape index (κ2) is 5.09. The molecule has 0 amide bonds. The van der Waals surface area contributed by atoms with Gasteiger partial charge in [-0.25, -0.2) is 4.85 Å². The van der Waals surface area contributed by atoms with Gasteiger partial charge in [-0.15, -0.1) is 0 Å². The summed E-state index contributed by atoms with van der Waals surface area (Å²) < 4.78 is 63.0. The van der Waals surface area contributed by atoms with Gasteiger partial charge in [0, 0.05) is 0 Å². The molecule has 0 unspecified atom stereocenters. The Morgan fingerprint density at radius 3 is 2.37 bits per heavy atom. The quantitative estimate of drug-likeness (QED) is 0.488. The maximum Gasteiger partial charge on any atom is 0.534 e. The van der Waals surface area contributed by atoms with Gasteiger partial charge in [0.15, 0.2) is 5.69 Å². The summed E-state index contributed by atoms with van der Waals surface area (Å²) in [5.74, 6) is -0.368. The van der Waals surface area contributed by atoms with E-state index in [1.54, 1.807) is 6.92 Å². The minimum absolute atomic E-state index is 0.165. The van der Waals surface area contributed by atoms with E-state index in [1.165, 1.54) is 19.1 Å². The van der Waals surface area contributed by atoms with Crippen molar-refractivity contribution in [3.05, 3.63) is 34.7 Å². The van der Waals surface area contributed by atoms with Crippen LogP contribution in [0.15, 0.2) is 12.1 Å². The maximum absolute atomic E-state index is 12.3. The minimum Gasteiger partial charge on any atom is -0.376 e. The average molecular weight is 293 g/mol. The normalized spacial score (nSPS) is 12.0. The first-order chi connectivity index (χ1) is 8.62. The molecule has 4 nitrogen and oxygen atoms in total. The molecule has 0 aromatic heterocycles. The van der Waals surface area contributed by atoms with E-state index in [2.05, 4.69) is 9.03 Å². The highest BCUT2D eigenvalue weighted by Gasteiger charge is 2.48. The van der Waals surface area contributed by atoms with Crippen molar-refractivity contribution in [3.8, 4) is 5.75 Å². The molecule has 0 bridgehead atoms. The Morgan fingerprint density at radius 2 is 1.95 bits per heavy atom. The van der Waals surface area contributed by atoms with Crippen LogP contribution >= 0.6 is 0 Å². The van der Waals surface area contributed by atoms with Crippen LogP contribution in [0.1, 0.15) is 18.1 Å². The van der Waals surface area contributed by atoms with E-state index in [9.17, 15) is 21.6 Å². The Bertz CT molecular complexity index is 630. The Hall–Kier alpha value is -1.75. The van der Waals surface area contributed by atoms with Crippen molar-refractivity contribution in [2.45, 2.75) is 25.8 Å². The molecular formula is C11H10F3NO3S. The van der Waals surface area contributed by atoms with Gasteiger partial charge in [-0.3, -0.25) is 0 Å². The summed E-state index contributed by atoms with van der Waals surface area (Å²) in [6.07, 6.45) is 0.243. The fraction of sp³-hybridized carbons (Fsp3) is 0.364. The summed E-state index contributed by atoms with van der Waals surface area (Å²) in [5.41, 5.74) is -4.87. The topological polar surface area (TPSA) is 47.7 Å². The van der Waals surface area contributed by atoms with Crippen LogP contribution in [0, 0.1) is 13.5 Å². The molecule has 0 aliphatic carbocycles. The average Bonchev–Trinajstić information content (AvgIpc) is 2.29. The van der Waals surface area contributed by atoms with Gasteiger partial charge in [0.25, 0.3) is 0 Å². The fourth-order valence-corrected chi connectivity index (χ4v) is 1.98. The Labute approximate surface area is 108 Å². The van der Waals surface area contributed by atoms with Crippen molar-refractivity contribution >= 4 is 15.8 Å². The minimum atomic E-state index is -5.70. The molecule has 0 saturated carbocycles. The van der Waals surface area contributed by atoms with Crippen LogP contribution in [-0.2, 0) is 16.5 Å². The van der Waals surface area contributed by atoms with Gasteiger partial charge in [-0.2, -0.15) is 21.6 Å². The molecule has 0 spiro atoms. The SMILES string of the molecule is [C-]#[N+]c1cc(C)c(OS(=O)(=O)C(F)(F)F)c(CC)c1. The highest BCUT2D eigenvalue weighted by molar-refractivity contribution is 7.88. The third kappa shape index (κ3) is 3.17. The van der Waals surface area contributed by atoms with Crippen LogP contribution < -0.4 is 4.18 Å². The Morgan fingerprint density at radius 1 is 1.37 bits per heavy atom. The lowest BCUT2D eigenvalue weighted by atomic mass is 10.1. The molecule has 0 aliphatic heterocycles. The van der Waals surface area contributed by atoms with Crippen LogP contribution in [0.3, 0.4) is 0 Å². The van der Waals surface area contributed by atoms with Gasteiger partial charge >= 0.3 is 15.6 Å². The van der Waals surface area contributed by atoms with Crippen molar-refractivity contribution in [2.24, 2.45) is 0 Å². The van der Waals surface area contributed by atoms with E-state index in [0.29, 0.717) is 0 Å². The summed E-state index contributed by atoms with van der Waals surface area (Å²) >= 11 is 0. The molecule has 0 heterocycles. The lowest BCUT2D eigenvalue weighted by Gasteiger charge is -2.15. The van der Waals surface area contributed by atoms with Crippen LogP contribution in [0.4, 0.5) is 18.9 Å². The number of alkyl halides is 3. The van der Waals surface area contributed by atoms with Gasteiger partial charge in [-0.1, -0.05) is 6.92 Å². The number of nitrogens with zero attached hydrogens (tertiary/aromatic N) is 1. The fourth-order valence-electron chi connectivity index (χ4n) is 1.43. The highest BCUT2D eigenvalue weighted by atomic mass is 32.2. The second-order valence-electron chi connectivity index (χ2n) is 3.70. The summed E-state index contributed by atoms with van der Waals surface area (Å²) in [6, 6.07) is 2.58. The molecular weight excluding hydrogens is 283 g/mol. The van der Waals surface area contributed by atoms with E-state index in [4.69, 9.17) is 6.57 Å². The number of halogens is 3. The summed E-state index contributed by atoms with van der Waals surface area (Å²) in [4.78, 5) is 3.15. The molecule has 0 N–H and O–H groups in total. The van der Waals surface area contributed by atoms with Crippen LogP contribution in [0.2, 0.25) is 0 Å². The number of rotatable bonds is 3. The van der Waals surface area contributed by atoms with Crippen molar-refractivity contribution in [1.29, 1.82) is 0 Å². The number of aryl methyl sites for hydroxylation is 2. The Kier molecular flexibility index (Phi) is 4.10. The van der Waals surface area contributed by atoms with Crippen molar-refractivity contribution < 1.29 is 25.8 Å². The molecule has 19 heavy (non-hydrogen) atoms. The van der Waals surface area contributed by atoms with Crippen LogP contribution in [-0.4, -0.2) is 13.9 Å². The molecule has 1 aromatic carbocycles. The summed E-state index contributed by atoms with van der Waals surface area (Å²) in [6.45, 7) is 9.85. The first kappa shape index (κ1) is 15.3. The van der Waals surface area contributed by atoms with Crippen molar-refractivity contribution in [2.75, 3.05) is 0 Å². The standard InChI is InChI=1S/C11H10F3NO3S/c1-4-8-6-9(15-3)5-7(2)10(8)18-19(16,17)11(12,13)14/h5-6H,4H2,1-2H3. The van der Waals surface area contributed by atoms with E-state index in [-0.39, 0.29) is 29.0 Å². The zero-order valence-electron chi connectivity index (χ0n) is 10.1. The Balaban J connectivity index is 3.34. The molecule has 1 rings (SSSR count). The maximum atomic E-state index is 12.3. The molecule has 104 valence electrons. The largest absolute Gasteiger partial charge is 0.534 e. The highest BCUT2D eigenvalue weighted by Crippen LogP contribution is 2.34. The number of hydrogen-bond acceptors (Lipinski definition) is 3. The van der Waals surface area contributed by atoms with E-state index in [0.717, 1.165) is 0 Å². The molecule has 8 heteroatoms. The van der Waals surface area contributed by atoms with E-state index >= 15 is 0 Å².